The first kappa shape index (κ1) is 20.2. The first-order valence-corrected chi connectivity index (χ1v) is 9.17. The molecule has 0 spiro atoms. The van der Waals surface area contributed by atoms with Crippen LogP contribution in [0.1, 0.15) is 36.5 Å². The maximum atomic E-state index is 11.7. The zero-order valence-corrected chi connectivity index (χ0v) is 16.7. The summed E-state index contributed by atoms with van der Waals surface area (Å²) in [6.07, 6.45) is 2.18. The van der Waals surface area contributed by atoms with Crippen LogP contribution in [-0.2, 0) is 6.54 Å². The number of H-pyrrole nitrogens is 1. The smallest absolute Gasteiger partial charge is 0.365 e. The predicted octanol–water partition coefficient (Wildman–Crippen LogP) is 4.94. The molecule has 0 bridgehead atoms. The summed E-state index contributed by atoms with van der Waals surface area (Å²) in [6.45, 7) is 8.01. The molecule has 0 aliphatic rings. The molecule has 0 saturated carbocycles. The Bertz CT molecular complexity index is 977. The van der Waals surface area contributed by atoms with Crippen molar-refractivity contribution in [1.82, 2.24) is 9.97 Å². The molecule has 1 aromatic carbocycles. The van der Waals surface area contributed by atoms with Crippen LogP contribution in [0, 0.1) is 17.0 Å². The van der Waals surface area contributed by atoms with Crippen LogP contribution in [0.25, 0.3) is 0 Å². The summed E-state index contributed by atoms with van der Waals surface area (Å²) < 4.78 is 10.8. The van der Waals surface area contributed by atoms with E-state index in [1.165, 1.54) is 0 Å². The molecule has 1 unspecified atom stereocenters. The Morgan fingerprint density at radius 3 is 2.66 bits per heavy atom. The third-order valence-corrected chi connectivity index (χ3v) is 4.56. The summed E-state index contributed by atoms with van der Waals surface area (Å²) in [5, 5.41) is 11.7. The SMILES string of the molecule is C=C(C)CC(c1ccc(OC)cc1)N(Cc1ccco1)c1nc(C)[nH]c1[N+](=O)[O-]. The van der Waals surface area contributed by atoms with Crippen molar-refractivity contribution < 1.29 is 14.1 Å². The van der Waals surface area contributed by atoms with Gasteiger partial charge < -0.3 is 24.2 Å². The topological polar surface area (TPSA) is 97.4 Å². The van der Waals surface area contributed by atoms with E-state index in [2.05, 4.69) is 16.5 Å². The number of aromatic amines is 1. The van der Waals surface area contributed by atoms with Gasteiger partial charge in [0.15, 0.2) is 5.82 Å². The molecule has 0 amide bonds. The summed E-state index contributed by atoms with van der Waals surface area (Å²) in [4.78, 5) is 20.3. The van der Waals surface area contributed by atoms with Gasteiger partial charge >= 0.3 is 5.82 Å². The summed E-state index contributed by atoms with van der Waals surface area (Å²) >= 11 is 0. The van der Waals surface area contributed by atoms with E-state index < -0.39 is 4.92 Å². The molecule has 0 saturated heterocycles. The molecule has 8 nitrogen and oxygen atoms in total. The summed E-state index contributed by atoms with van der Waals surface area (Å²) in [5.74, 6) is 2.02. The van der Waals surface area contributed by atoms with Crippen LogP contribution in [0.3, 0.4) is 0 Å². The molecule has 8 heteroatoms. The Morgan fingerprint density at radius 1 is 1.38 bits per heavy atom. The maximum absolute atomic E-state index is 11.7. The van der Waals surface area contributed by atoms with Crippen molar-refractivity contribution in [2.45, 2.75) is 32.9 Å². The number of furan rings is 1. The van der Waals surface area contributed by atoms with Gasteiger partial charge in [0.05, 0.1) is 26.0 Å². The van der Waals surface area contributed by atoms with Crippen LogP contribution in [0.15, 0.2) is 59.2 Å². The number of rotatable bonds is 9. The molecular formula is C21H24N4O4. The quantitative estimate of drug-likeness (QED) is 0.312. The molecule has 3 aromatic rings. The summed E-state index contributed by atoms with van der Waals surface area (Å²) in [5.41, 5.74) is 1.92. The van der Waals surface area contributed by atoms with Crippen molar-refractivity contribution in [1.29, 1.82) is 0 Å². The van der Waals surface area contributed by atoms with E-state index in [1.807, 2.05) is 42.2 Å². The van der Waals surface area contributed by atoms with E-state index in [-0.39, 0.29) is 17.7 Å². The van der Waals surface area contributed by atoms with Gasteiger partial charge in [0.25, 0.3) is 0 Å². The minimum Gasteiger partial charge on any atom is -0.497 e. The Kier molecular flexibility index (Phi) is 6.01. The van der Waals surface area contributed by atoms with Crippen LogP contribution in [0.4, 0.5) is 11.6 Å². The average molecular weight is 396 g/mol. The highest BCUT2D eigenvalue weighted by molar-refractivity contribution is 5.56. The van der Waals surface area contributed by atoms with Crippen molar-refractivity contribution in [3.05, 3.63) is 82.1 Å². The van der Waals surface area contributed by atoms with Crippen LogP contribution in [-0.4, -0.2) is 22.0 Å². The normalized spacial score (nSPS) is 11.8. The third-order valence-electron chi connectivity index (χ3n) is 4.56. The second-order valence-electron chi connectivity index (χ2n) is 6.91. The molecule has 152 valence electrons. The van der Waals surface area contributed by atoms with Gasteiger partial charge in [0.1, 0.15) is 11.5 Å². The number of benzene rings is 1. The largest absolute Gasteiger partial charge is 0.497 e. The van der Waals surface area contributed by atoms with Crippen molar-refractivity contribution in [3.63, 3.8) is 0 Å². The summed E-state index contributed by atoms with van der Waals surface area (Å²) in [7, 11) is 1.61. The lowest BCUT2D eigenvalue weighted by Gasteiger charge is -2.31. The number of hydrogen-bond acceptors (Lipinski definition) is 6. The van der Waals surface area contributed by atoms with Gasteiger partial charge in [-0.2, -0.15) is 4.98 Å². The highest BCUT2D eigenvalue weighted by Crippen LogP contribution is 2.37. The third kappa shape index (κ3) is 4.66. The van der Waals surface area contributed by atoms with Crippen molar-refractivity contribution in [3.8, 4) is 5.75 Å². The van der Waals surface area contributed by atoms with E-state index in [1.54, 1.807) is 26.4 Å². The molecular weight excluding hydrogens is 372 g/mol. The summed E-state index contributed by atoms with van der Waals surface area (Å²) in [6, 6.07) is 11.0. The lowest BCUT2D eigenvalue weighted by atomic mass is 9.98. The number of nitrogens with zero attached hydrogens (tertiary/aromatic N) is 3. The van der Waals surface area contributed by atoms with Crippen molar-refractivity contribution in [2.75, 3.05) is 12.0 Å². The average Bonchev–Trinajstić information content (AvgIpc) is 3.34. The molecule has 0 radical (unpaired) electrons. The number of aryl methyl sites for hydroxylation is 1. The first-order chi connectivity index (χ1) is 13.9. The second-order valence-corrected chi connectivity index (χ2v) is 6.91. The second kappa shape index (κ2) is 8.64. The lowest BCUT2D eigenvalue weighted by molar-refractivity contribution is -0.388. The van der Waals surface area contributed by atoms with Crippen molar-refractivity contribution >= 4 is 11.6 Å². The predicted molar refractivity (Wildman–Crippen MR) is 110 cm³/mol. The zero-order valence-electron chi connectivity index (χ0n) is 16.7. The number of nitro groups is 1. The minimum absolute atomic E-state index is 0.144. The van der Waals surface area contributed by atoms with E-state index >= 15 is 0 Å². The minimum atomic E-state index is -0.448. The Labute approximate surface area is 169 Å². The number of anilines is 1. The van der Waals surface area contributed by atoms with Gasteiger partial charge in [-0.3, -0.25) is 0 Å². The Balaban J connectivity index is 2.11. The number of methoxy groups -OCH3 is 1. The maximum Gasteiger partial charge on any atom is 0.365 e. The molecule has 1 N–H and O–H groups in total. The first-order valence-electron chi connectivity index (χ1n) is 9.17. The van der Waals surface area contributed by atoms with Gasteiger partial charge in [-0.25, -0.2) is 4.98 Å². The van der Waals surface area contributed by atoms with E-state index in [9.17, 15) is 10.1 Å². The van der Waals surface area contributed by atoms with E-state index in [0.29, 0.717) is 24.6 Å². The molecule has 0 fully saturated rings. The fraction of sp³-hybridized carbons (Fsp3) is 0.286. The molecule has 1 atom stereocenters. The van der Waals surface area contributed by atoms with E-state index in [4.69, 9.17) is 9.15 Å². The van der Waals surface area contributed by atoms with Crippen LogP contribution in [0.5, 0.6) is 5.75 Å². The molecule has 0 aliphatic carbocycles. The molecule has 0 aliphatic heterocycles. The van der Waals surface area contributed by atoms with Gasteiger partial charge in [0.2, 0.25) is 5.82 Å². The molecule has 3 rings (SSSR count). The van der Waals surface area contributed by atoms with Crippen LogP contribution < -0.4 is 9.64 Å². The fourth-order valence-corrected chi connectivity index (χ4v) is 3.26. The number of hydrogen-bond donors (Lipinski definition) is 1. The lowest BCUT2D eigenvalue weighted by Crippen LogP contribution is -2.29. The molecule has 2 aromatic heterocycles. The number of nitrogens with one attached hydrogen (secondary N) is 1. The monoisotopic (exact) mass is 396 g/mol. The Morgan fingerprint density at radius 2 is 2.10 bits per heavy atom. The molecule has 2 heterocycles. The van der Waals surface area contributed by atoms with Crippen LogP contribution >= 0.6 is 0 Å². The van der Waals surface area contributed by atoms with Gasteiger partial charge in [-0.15, -0.1) is 6.58 Å². The van der Waals surface area contributed by atoms with Gasteiger partial charge in [-0.05, 0) is 48.1 Å². The zero-order chi connectivity index (χ0) is 21.0. The number of imidazole rings is 1. The van der Waals surface area contributed by atoms with Gasteiger partial charge in [-0.1, -0.05) is 17.7 Å². The highest BCUT2D eigenvalue weighted by Gasteiger charge is 2.31. The van der Waals surface area contributed by atoms with E-state index in [0.717, 1.165) is 16.9 Å². The number of ether oxygens (including phenoxy) is 1. The van der Waals surface area contributed by atoms with Crippen molar-refractivity contribution in [2.24, 2.45) is 0 Å². The number of aromatic nitrogens is 2. The standard InChI is InChI=1S/C21H24N4O4/c1-14(2)12-19(16-7-9-17(28-4)10-8-16)24(13-18-6-5-11-29-18)20-21(25(26)27)23-15(3)22-20/h5-11,19H,1,12-13H2,2-4H3,(H,22,23). The van der Waals surface area contributed by atoms with Crippen LogP contribution in [0.2, 0.25) is 0 Å². The molecule has 29 heavy (non-hydrogen) atoms. The van der Waals surface area contributed by atoms with Gasteiger partial charge in [0, 0.05) is 6.92 Å². The highest BCUT2D eigenvalue weighted by atomic mass is 16.6. The fourth-order valence-electron chi connectivity index (χ4n) is 3.26. The Hall–Kier alpha value is -3.55.